The highest BCUT2D eigenvalue weighted by atomic mass is 32.2. The van der Waals surface area contributed by atoms with Crippen molar-refractivity contribution < 1.29 is 31.3 Å². The molecule has 3 aromatic rings. The summed E-state index contributed by atoms with van der Waals surface area (Å²) >= 11 is 0. The van der Waals surface area contributed by atoms with Crippen molar-refractivity contribution >= 4 is 21.9 Å². The molecule has 0 spiro atoms. The first-order chi connectivity index (χ1) is 19.1. The number of rotatable bonds is 15. The van der Waals surface area contributed by atoms with Gasteiger partial charge in [-0.05, 0) is 61.7 Å². The van der Waals surface area contributed by atoms with Gasteiger partial charge in [-0.2, -0.15) is 8.42 Å². The number of unbranched alkanes of at least 4 members (excludes halogenated alkanes) is 2. The Labute approximate surface area is 234 Å². The molecule has 0 saturated carbocycles. The number of nitrogens with two attached hydrogens (primary N) is 1. The molecule has 0 unspecified atom stereocenters. The summed E-state index contributed by atoms with van der Waals surface area (Å²) in [4.78, 5) is 25.3. The number of benzene rings is 3. The van der Waals surface area contributed by atoms with Crippen molar-refractivity contribution in [2.24, 2.45) is 5.73 Å². The Morgan fingerprint density at radius 1 is 0.950 bits per heavy atom. The standard InChI is InChI=1S/C29H34FN3O6S/c1-21(23-10-12-25(30)13-11-23)33-29(35)24-16-26(38-19-28(34)32-15-7-3-6-14-31)18-27(17-24)39-40(36,37)20-22-8-4-2-5-9-22/h2,4-5,8-13,16-18,21H,3,6-7,14-15,19-20,31H2,1H3,(H,32,34)(H,33,35)/t21-/m1/s1. The van der Waals surface area contributed by atoms with Gasteiger partial charge in [-0.1, -0.05) is 48.9 Å². The fourth-order valence-corrected chi connectivity index (χ4v) is 4.83. The number of hydrogen-bond donors (Lipinski definition) is 3. The van der Waals surface area contributed by atoms with E-state index in [-0.39, 0.29) is 35.3 Å². The maximum Gasteiger partial charge on any atom is 0.313 e. The van der Waals surface area contributed by atoms with Crippen LogP contribution in [0, 0.1) is 5.82 Å². The first-order valence-electron chi connectivity index (χ1n) is 12.9. The topological polar surface area (TPSA) is 137 Å². The van der Waals surface area contributed by atoms with Crippen LogP contribution < -0.4 is 25.3 Å². The van der Waals surface area contributed by atoms with Crippen molar-refractivity contribution in [2.45, 2.75) is 38.0 Å². The number of halogens is 1. The molecule has 3 rings (SSSR count). The van der Waals surface area contributed by atoms with Crippen LogP contribution >= 0.6 is 0 Å². The molecule has 0 heterocycles. The lowest BCUT2D eigenvalue weighted by molar-refractivity contribution is -0.123. The smallest absolute Gasteiger partial charge is 0.313 e. The zero-order valence-corrected chi connectivity index (χ0v) is 23.1. The summed E-state index contributed by atoms with van der Waals surface area (Å²) < 4.78 is 49.7. The number of carbonyl (C=O) groups is 2. The molecule has 0 saturated heterocycles. The van der Waals surface area contributed by atoms with Gasteiger partial charge in [0.1, 0.15) is 23.1 Å². The molecule has 3 aromatic carbocycles. The van der Waals surface area contributed by atoms with Crippen LogP contribution in [0.2, 0.25) is 0 Å². The number of amides is 2. The van der Waals surface area contributed by atoms with Gasteiger partial charge in [0, 0.05) is 18.2 Å². The van der Waals surface area contributed by atoms with E-state index in [1.807, 2.05) is 0 Å². The Hall–Kier alpha value is -3.96. The van der Waals surface area contributed by atoms with E-state index >= 15 is 0 Å². The Balaban J connectivity index is 1.75. The van der Waals surface area contributed by atoms with E-state index in [1.165, 1.54) is 30.3 Å². The third kappa shape index (κ3) is 10.3. The molecule has 0 aliphatic carbocycles. The predicted molar refractivity (Wildman–Crippen MR) is 150 cm³/mol. The number of hydrogen-bond acceptors (Lipinski definition) is 7. The second kappa shape index (κ2) is 15.0. The van der Waals surface area contributed by atoms with Gasteiger partial charge in [0.05, 0.1) is 6.04 Å². The van der Waals surface area contributed by atoms with Crippen LogP contribution in [0.1, 0.15) is 53.7 Å². The Morgan fingerprint density at radius 2 is 1.65 bits per heavy atom. The van der Waals surface area contributed by atoms with Crippen LogP contribution in [0.5, 0.6) is 11.5 Å². The lowest BCUT2D eigenvalue weighted by atomic mass is 10.1. The van der Waals surface area contributed by atoms with Crippen LogP contribution in [0.25, 0.3) is 0 Å². The van der Waals surface area contributed by atoms with E-state index in [2.05, 4.69) is 10.6 Å². The van der Waals surface area contributed by atoms with Gasteiger partial charge in [0.2, 0.25) is 0 Å². The second-order valence-corrected chi connectivity index (χ2v) is 10.8. The first kappa shape index (κ1) is 30.6. The summed E-state index contributed by atoms with van der Waals surface area (Å²) in [5.74, 6) is -1.76. The normalized spacial score (nSPS) is 11.9. The van der Waals surface area contributed by atoms with E-state index < -0.39 is 27.9 Å². The molecule has 214 valence electrons. The van der Waals surface area contributed by atoms with Gasteiger partial charge in [-0.3, -0.25) is 9.59 Å². The van der Waals surface area contributed by atoms with E-state index in [0.29, 0.717) is 24.2 Å². The highest BCUT2D eigenvalue weighted by Crippen LogP contribution is 2.26. The molecule has 40 heavy (non-hydrogen) atoms. The minimum Gasteiger partial charge on any atom is -0.484 e. The zero-order valence-electron chi connectivity index (χ0n) is 22.3. The molecule has 9 nitrogen and oxygen atoms in total. The van der Waals surface area contributed by atoms with E-state index in [0.717, 1.165) is 19.3 Å². The van der Waals surface area contributed by atoms with E-state index in [1.54, 1.807) is 49.4 Å². The summed E-state index contributed by atoms with van der Waals surface area (Å²) in [5.41, 5.74) is 6.73. The Morgan fingerprint density at radius 3 is 2.35 bits per heavy atom. The summed E-state index contributed by atoms with van der Waals surface area (Å²) in [7, 11) is -4.08. The summed E-state index contributed by atoms with van der Waals surface area (Å²) in [6.07, 6.45) is 2.54. The van der Waals surface area contributed by atoms with Gasteiger partial charge >= 0.3 is 10.1 Å². The number of carbonyl (C=O) groups excluding carboxylic acids is 2. The van der Waals surface area contributed by atoms with Gasteiger partial charge in [0.15, 0.2) is 6.61 Å². The quantitative estimate of drug-likeness (QED) is 0.186. The molecule has 0 aliphatic rings. The minimum atomic E-state index is -4.08. The fraction of sp³-hybridized carbons (Fsp3) is 0.310. The molecule has 0 radical (unpaired) electrons. The minimum absolute atomic E-state index is 0.0542. The summed E-state index contributed by atoms with van der Waals surface area (Å²) in [5, 5.41) is 5.53. The lowest BCUT2D eigenvalue weighted by Crippen LogP contribution is -2.30. The van der Waals surface area contributed by atoms with Crippen LogP contribution in [0.15, 0.2) is 72.8 Å². The van der Waals surface area contributed by atoms with Gasteiger partial charge < -0.3 is 25.3 Å². The average molecular weight is 572 g/mol. The Bertz CT molecular complexity index is 1370. The predicted octanol–water partition coefficient (Wildman–Crippen LogP) is 3.85. The van der Waals surface area contributed by atoms with Crippen LogP contribution in [0.3, 0.4) is 0 Å². The van der Waals surface area contributed by atoms with Crippen LogP contribution in [-0.4, -0.2) is 39.9 Å². The molecule has 2 amide bonds. The average Bonchev–Trinajstić information content (AvgIpc) is 2.92. The van der Waals surface area contributed by atoms with E-state index in [9.17, 15) is 22.4 Å². The molecular weight excluding hydrogens is 537 g/mol. The maximum atomic E-state index is 13.3. The fourth-order valence-electron chi connectivity index (χ4n) is 3.78. The molecule has 1 atom stereocenters. The lowest BCUT2D eigenvalue weighted by Gasteiger charge is -2.16. The molecule has 0 aromatic heterocycles. The van der Waals surface area contributed by atoms with Crippen LogP contribution in [0.4, 0.5) is 4.39 Å². The number of ether oxygens (including phenoxy) is 1. The zero-order chi connectivity index (χ0) is 29.0. The molecular formula is C29H34FN3O6S. The molecule has 0 aliphatic heterocycles. The molecule has 4 N–H and O–H groups in total. The second-order valence-electron chi connectivity index (χ2n) is 9.20. The third-order valence-corrected chi connectivity index (χ3v) is 6.98. The van der Waals surface area contributed by atoms with Gasteiger partial charge in [-0.25, -0.2) is 4.39 Å². The van der Waals surface area contributed by atoms with E-state index in [4.69, 9.17) is 14.7 Å². The van der Waals surface area contributed by atoms with Crippen molar-refractivity contribution in [3.05, 3.63) is 95.3 Å². The van der Waals surface area contributed by atoms with Crippen molar-refractivity contribution in [2.75, 3.05) is 19.7 Å². The highest BCUT2D eigenvalue weighted by Gasteiger charge is 2.19. The maximum absolute atomic E-state index is 13.3. The van der Waals surface area contributed by atoms with Crippen molar-refractivity contribution in [3.63, 3.8) is 0 Å². The van der Waals surface area contributed by atoms with Crippen molar-refractivity contribution in [3.8, 4) is 11.5 Å². The SMILES string of the molecule is C[C@@H](NC(=O)c1cc(OCC(=O)NCCCCCN)cc(OS(=O)(=O)Cc2ccccc2)c1)c1ccc(F)cc1. The third-order valence-electron chi connectivity index (χ3n) is 5.84. The Kier molecular flexibility index (Phi) is 11.5. The molecule has 0 bridgehead atoms. The van der Waals surface area contributed by atoms with Gasteiger partial charge in [0.25, 0.3) is 11.8 Å². The monoisotopic (exact) mass is 571 g/mol. The van der Waals surface area contributed by atoms with Crippen molar-refractivity contribution in [1.29, 1.82) is 0 Å². The number of nitrogens with one attached hydrogen (secondary N) is 2. The highest BCUT2D eigenvalue weighted by molar-refractivity contribution is 7.86. The first-order valence-corrected chi connectivity index (χ1v) is 14.5. The van der Waals surface area contributed by atoms with Gasteiger partial charge in [-0.15, -0.1) is 0 Å². The molecule has 0 fully saturated rings. The molecule has 11 heteroatoms. The van der Waals surface area contributed by atoms with Crippen molar-refractivity contribution in [1.82, 2.24) is 10.6 Å². The summed E-state index contributed by atoms with van der Waals surface area (Å²) in [6.45, 7) is 2.45. The van der Waals surface area contributed by atoms with Crippen LogP contribution in [-0.2, 0) is 20.7 Å². The largest absolute Gasteiger partial charge is 0.484 e. The summed E-state index contributed by atoms with van der Waals surface area (Å²) in [6, 6.07) is 17.7.